The molecule has 0 aliphatic heterocycles. The molecule has 4 nitrogen and oxygen atoms in total. The Morgan fingerprint density at radius 2 is 1.67 bits per heavy atom. The SMILES string of the molecule is CC(C)C(CO)C(NC(=O)OC(C)(C)C)C(C)C. The summed E-state index contributed by atoms with van der Waals surface area (Å²) in [4.78, 5) is 11.8. The Bertz CT molecular complexity index is 256. The second-order valence-corrected chi connectivity index (χ2v) is 6.51. The van der Waals surface area contributed by atoms with Gasteiger partial charge in [0.1, 0.15) is 5.60 Å². The van der Waals surface area contributed by atoms with Gasteiger partial charge in [-0.25, -0.2) is 4.79 Å². The van der Waals surface area contributed by atoms with E-state index in [1.54, 1.807) is 0 Å². The summed E-state index contributed by atoms with van der Waals surface area (Å²) in [6.45, 7) is 13.7. The van der Waals surface area contributed by atoms with Gasteiger partial charge in [0, 0.05) is 18.6 Å². The molecule has 0 aliphatic rings. The zero-order chi connectivity index (χ0) is 14.5. The number of ether oxygens (including phenoxy) is 1. The number of amides is 1. The first-order valence-corrected chi connectivity index (χ1v) is 6.68. The monoisotopic (exact) mass is 259 g/mol. The number of alkyl carbamates (subject to hydrolysis) is 1. The number of rotatable bonds is 5. The molecule has 2 unspecified atom stereocenters. The van der Waals surface area contributed by atoms with Crippen LogP contribution in [0.2, 0.25) is 0 Å². The van der Waals surface area contributed by atoms with E-state index in [-0.39, 0.29) is 24.5 Å². The van der Waals surface area contributed by atoms with Gasteiger partial charge >= 0.3 is 6.09 Å². The van der Waals surface area contributed by atoms with Crippen molar-refractivity contribution in [3.05, 3.63) is 0 Å². The average Bonchev–Trinajstić information content (AvgIpc) is 2.13. The average molecular weight is 259 g/mol. The predicted molar refractivity (Wildman–Crippen MR) is 73.4 cm³/mol. The van der Waals surface area contributed by atoms with Crippen molar-refractivity contribution in [2.24, 2.45) is 17.8 Å². The van der Waals surface area contributed by atoms with Crippen molar-refractivity contribution in [1.29, 1.82) is 0 Å². The minimum absolute atomic E-state index is 0.0394. The van der Waals surface area contributed by atoms with E-state index in [0.29, 0.717) is 5.92 Å². The Kier molecular flexibility index (Phi) is 6.68. The van der Waals surface area contributed by atoms with Gasteiger partial charge in [-0.15, -0.1) is 0 Å². The Hall–Kier alpha value is -0.770. The summed E-state index contributed by atoms with van der Waals surface area (Å²) in [6.07, 6.45) is -0.416. The van der Waals surface area contributed by atoms with Crippen molar-refractivity contribution in [3.8, 4) is 0 Å². The maximum Gasteiger partial charge on any atom is 0.407 e. The van der Waals surface area contributed by atoms with Gasteiger partial charge in [0.25, 0.3) is 0 Å². The lowest BCUT2D eigenvalue weighted by Gasteiger charge is -2.33. The number of hydrogen-bond donors (Lipinski definition) is 2. The minimum Gasteiger partial charge on any atom is -0.444 e. The number of hydrogen-bond acceptors (Lipinski definition) is 3. The van der Waals surface area contributed by atoms with Crippen LogP contribution in [-0.2, 0) is 4.74 Å². The van der Waals surface area contributed by atoms with Crippen molar-refractivity contribution >= 4 is 6.09 Å². The van der Waals surface area contributed by atoms with E-state index in [1.165, 1.54) is 0 Å². The molecular formula is C14H29NO3. The maximum absolute atomic E-state index is 11.8. The van der Waals surface area contributed by atoms with Crippen molar-refractivity contribution in [1.82, 2.24) is 5.32 Å². The highest BCUT2D eigenvalue weighted by Gasteiger charge is 2.29. The van der Waals surface area contributed by atoms with Crippen LogP contribution in [0.3, 0.4) is 0 Å². The van der Waals surface area contributed by atoms with Crippen molar-refractivity contribution in [2.75, 3.05) is 6.61 Å². The summed E-state index contributed by atoms with van der Waals surface area (Å²) >= 11 is 0. The molecule has 1 amide bonds. The molecule has 18 heavy (non-hydrogen) atoms. The molecular weight excluding hydrogens is 230 g/mol. The lowest BCUT2D eigenvalue weighted by atomic mass is 9.83. The van der Waals surface area contributed by atoms with Crippen molar-refractivity contribution < 1.29 is 14.6 Å². The molecule has 0 aromatic heterocycles. The smallest absolute Gasteiger partial charge is 0.407 e. The quantitative estimate of drug-likeness (QED) is 0.798. The molecule has 0 saturated heterocycles. The molecule has 0 saturated carbocycles. The Morgan fingerprint density at radius 1 is 1.17 bits per heavy atom. The molecule has 0 bridgehead atoms. The van der Waals surface area contributed by atoms with Crippen LogP contribution in [-0.4, -0.2) is 29.4 Å². The van der Waals surface area contributed by atoms with E-state index < -0.39 is 11.7 Å². The molecule has 0 rings (SSSR count). The van der Waals surface area contributed by atoms with E-state index in [1.807, 2.05) is 48.5 Å². The number of aliphatic hydroxyl groups excluding tert-OH is 1. The predicted octanol–water partition coefficient (Wildman–Crippen LogP) is 2.80. The zero-order valence-electron chi connectivity index (χ0n) is 12.8. The van der Waals surface area contributed by atoms with Gasteiger partial charge in [0.2, 0.25) is 0 Å². The third kappa shape index (κ3) is 6.24. The molecule has 0 heterocycles. The van der Waals surface area contributed by atoms with E-state index in [4.69, 9.17) is 4.74 Å². The van der Waals surface area contributed by atoms with Crippen molar-refractivity contribution in [2.45, 2.75) is 60.1 Å². The van der Waals surface area contributed by atoms with Gasteiger partial charge in [-0.1, -0.05) is 27.7 Å². The van der Waals surface area contributed by atoms with Gasteiger partial charge in [0.05, 0.1) is 0 Å². The number of carbonyl (C=O) groups excluding carboxylic acids is 1. The molecule has 0 fully saturated rings. The molecule has 0 radical (unpaired) electrons. The fraction of sp³-hybridized carbons (Fsp3) is 0.929. The van der Waals surface area contributed by atoms with Gasteiger partial charge in [-0.05, 0) is 32.6 Å². The fourth-order valence-electron chi connectivity index (χ4n) is 1.95. The van der Waals surface area contributed by atoms with Gasteiger partial charge in [0.15, 0.2) is 0 Å². The van der Waals surface area contributed by atoms with E-state index in [9.17, 15) is 9.90 Å². The molecule has 0 spiro atoms. The summed E-state index contributed by atoms with van der Waals surface area (Å²) in [5, 5.41) is 12.4. The fourth-order valence-corrected chi connectivity index (χ4v) is 1.95. The molecule has 0 aromatic carbocycles. The Balaban J connectivity index is 4.68. The van der Waals surface area contributed by atoms with Crippen LogP contribution in [0.1, 0.15) is 48.5 Å². The van der Waals surface area contributed by atoms with E-state index in [0.717, 1.165) is 0 Å². The molecule has 108 valence electrons. The molecule has 0 aliphatic carbocycles. The highest BCUT2D eigenvalue weighted by atomic mass is 16.6. The standard InChI is InChI=1S/C14H29NO3/c1-9(2)11(8-16)12(10(3)4)15-13(17)18-14(5,6)7/h9-12,16H,8H2,1-7H3,(H,15,17). The first-order chi connectivity index (χ1) is 8.08. The number of carbonyl (C=O) groups is 1. The normalized spacial score (nSPS) is 15.7. The summed E-state index contributed by atoms with van der Waals surface area (Å²) in [5.41, 5.74) is -0.502. The third-order valence-electron chi connectivity index (χ3n) is 2.93. The van der Waals surface area contributed by atoms with Gasteiger partial charge in [-0.3, -0.25) is 0 Å². The van der Waals surface area contributed by atoms with Crippen LogP contribution >= 0.6 is 0 Å². The Labute approximate surface area is 111 Å². The molecule has 2 N–H and O–H groups in total. The topological polar surface area (TPSA) is 58.6 Å². The molecule has 2 atom stereocenters. The lowest BCUT2D eigenvalue weighted by molar-refractivity contribution is 0.0418. The van der Waals surface area contributed by atoms with Crippen LogP contribution in [0.25, 0.3) is 0 Å². The highest BCUT2D eigenvalue weighted by molar-refractivity contribution is 5.68. The van der Waals surface area contributed by atoms with Crippen LogP contribution in [0, 0.1) is 17.8 Å². The van der Waals surface area contributed by atoms with Gasteiger partial charge < -0.3 is 15.2 Å². The second-order valence-electron chi connectivity index (χ2n) is 6.51. The first kappa shape index (κ1) is 17.2. The van der Waals surface area contributed by atoms with Crippen LogP contribution < -0.4 is 5.32 Å². The minimum atomic E-state index is -0.502. The third-order valence-corrected chi connectivity index (χ3v) is 2.93. The summed E-state index contributed by atoms with van der Waals surface area (Å²) < 4.78 is 5.26. The highest BCUT2D eigenvalue weighted by Crippen LogP contribution is 2.21. The summed E-state index contributed by atoms with van der Waals surface area (Å²) in [5.74, 6) is 0.590. The van der Waals surface area contributed by atoms with E-state index >= 15 is 0 Å². The molecule has 4 heteroatoms. The summed E-state index contributed by atoms with van der Waals surface area (Å²) in [7, 11) is 0. The molecule has 0 aromatic rings. The second kappa shape index (κ2) is 6.98. The van der Waals surface area contributed by atoms with E-state index in [2.05, 4.69) is 5.32 Å². The van der Waals surface area contributed by atoms with Crippen molar-refractivity contribution in [3.63, 3.8) is 0 Å². The number of nitrogens with one attached hydrogen (secondary N) is 1. The maximum atomic E-state index is 11.8. The summed E-state index contributed by atoms with van der Waals surface area (Å²) in [6, 6.07) is -0.0788. The van der Waals surface area contributed by atoms with Crippen LogP contribution in [0.4, 0.5) is 4.79 Å². The lowest BCUT2D eigenvalue weighted by Crippen LogP contribution is -2.48. The number of aliphatic hydroxyl groups is 1. The van der Waals surface area contributed by atoms with Crippen LogP contribution in [0.5, 0.6) is 0 Å². The first-order valence-electron chi connectivity index (χ1n) is 6.68. The van der Waals surface area contributed by atoms with Gasteiger partial charge in [-0.2, -0.15) is 0 Å². The Morgan fingerprint density at radius 3 is 1.94 bits per heavy atom. The zero-order valence-corrected chi connectivity index (χ0v) is 12.8. The van der Waals surface area contributed by atoms with Crippen LogP contribution in [0.15, 0.2) is 0 Å². The largest absolute Gasteiger partial charge is 0.444 e.